The maximum absolute atomic E-state index is 12.2. The maximum Gasteiger partial charge on any atom is 0.311 e. The van der Waals surface area contributed by atoms with Crippen LogP contribution in [0.5, 0.6) is 0 Å². The van der Waals surface area contributed by atoms with Crippen molar-refractivity contribution in [1.82, 2.24) is 20.0 Å². The third-order valence-corrected chi connectivity index (χ3v) is 3.36. The second kappa shape index (κ2) is 5.97. The Hall–Kier alpha value is -1.69. The molecule has 19 heavy (non-hydrogen) atoms. The Morgan fingerprint density at radius 2 is 2.32 bits per heavy atom. The van der Waals surface area contributed by atoms with Gasteiger partial charge < -0.3 is 14.2 Å². The predicted octanol–water partition coefficient (Wildman–Crippen LogP) is 0.964. The summed E-state index contributed by atoms with van der Waals surface area (Å²) < 4.78 is 5.38. The molecule has 1 fully saturated rings. The standard InChI is InChI=1S/C13H20N4O2/c1-4-5-6-11-14-15-12(19-11)13(18)17-8-7-10(9-17)16(2)3/h4-5,10H,6-9H2,1-3H3. The van der Waals surface area contributed by atoms with Crippen molar-refractivity contribution in [3.63, 3.8) is 0 Å². The molecule has 6 heteroatoms. The number of likely N-dealkylation sites (tertiary alicyclic amines) is 1. The SMILES string of the molecule is CC=CCc1nnc(C(=O)N2CCC(N(C)C)C2)o1. The minimum absolute atomic E-state index is 0.0962. The zero-order chi connectivity index (χ0) is 13.8. The fourth-order valence-electron chi connectivity index (χ4n) is 2.12. The van der Waals surface area contributed by atoms with Gasteiger partial charge in [0.25, 0.3) is 0 Å². The fraction of sp³-hybridized carbons (Fsp3) is 0.615. The number of nitrogens with zero attached hydrogens (tertiary/aromatic N) is 4. The Morgan fingerprint density at radius 1 is 1.53 bits per heavy atom. The lowest BCUT2D eigenvalue weighted by atomic mass is 10.2. The number of allylic oxidation sites excluding steroid dienone is 2. The largest absolute Gasteiger partial charge is 0.417 e. The average molecular weight is 264 g/mol. The van der Waals surface area contributed by atoms with Crippen LogP contribution < -0.4 is 0 Å². The summed E-state index contributed by atoms with van der Waals surface area (Å²) >= 11 is 0. The van der Waals surface area contributed by atoms with Gasteiger partial charge >= 0.3 is 11.8 Å². The smallest absolute Gasteiger partial charge is 0.311 e. The molecule has 0 N–H and O–H groups in total. The maximum atomic E-state index is 12.2. The minimum atomic E-state index is -0.163. The van der Waals surface area contributed by atoms with E-state index in [-0.39, 0.29) is 11.8 Å². The van der Waals surface area contributed by atoms with Crippen molar-refractivity contribution in [2.75, 3.05) is 27.2 Å². The molecule has 0 aromatic carbocycles. The van der Waals surface area contributed by atoms with Crippen LogP contribution in [0, 0.1) is 0 Å². The molecule has 1 aromatic heterocycles. The molecule has 0 aliphatic carbocycles. The monoisotopic (exact) mass is 264 g/mol. The fourth-order valence-corrected chi connectivity index (χ4v) is 2.12. The van der Waals surface area contributed by atoms with Crippen molar-refractivity contribution in [1.29, 1.82) is 0 Å². The number of aromatic nitrogens is 2. The van der Waals surface area contributed by atoms with Gasteiger partial charge in [0.15, 0.2) is 0 Å². The van der Waals surface area contributed by atoms with E-state index >= 15 is 0 Å². The van der Waals surface area contributed by atoms with Crippen LogP contribution >= 0.6 is 0 Å². The molecule has 0 bridgehead atoms. The molecule has 1 aliphatic heterocycles. The molecule has 0 saturated carbocycles. The Labute approximate surface area is 113 Å². The van der Waals surface area contributed by atoms with E-state index < -0.39 is 0 Å². The number of likely N-dealkylation sites (N-methyl/N-ethyl adjacent to an activating group) is 1. The second-order valence-corrected chi connectivity index (χ2v) is 4.93. The van der Waals surface area contributed by atoms with Gasteiger partial charge in [-0.25, -0.2) is 0 Å². The van der Waals surface area contributed by atoms with Crippen molar-refractivity contribution in [2.45, 2.75) is 25.8 Å². The molecule has 1 atom stereocenters. The summed E-state index contributed by atoms with van der Waals surface area (Å²) in [6.07, 6.45) is 5.38. The first-order chi connectivity index (χ1) is 9.11. The summed E-state index contributed by atoms with van der Waals surface area (Å²) in [7, 11) is 4.06. The number of carbonyl (C=O) groups is 1. The molecule has 1 unspecified atom stereocenters. The van der Waals surface area contributed by atoms with Gasteiger partial charge in [-0.15, -0.1) is 10.2 Å². The topological polar surface area (TPSA) is 62.5 Å². The van der Waals surface area contributed by atoms with E-state index in [9.17, 15) is 4.79 Å². The molecule has 1 amide bonds. The Bertz CT molecular complexity index is 467. The Morgan fingerprint density at radius 3 is 2.95 bits per heavy atom. The highest BCUT2D eigenvalue weighted by Gasteiger charge is 2.30. The highest BCUT2D eigenvalue weighted by molar-refractivity contribution is 5.89. The summed E-state index contributed by atoms with van der Waals surface area (Å²) in [4.78, 5) is 16.1. The summed E-state index contributed by atoms with van der Waals surface area (Å²) in [5.74, 6) is 0.410. The van der Waals surface area contributed by atoms with Gasteiger partial charge in [0.05, 0.1) is 0 Å². The van der Waals surface area contributed by atoms with Crippen LogP contribution in [0.1, 0.15) is 29.9 Å². The number of amides is 1. The van der Waals surface area contributed by atoms with Crippen LogP contribution in [0.25, 0.3) is 0 Å². The third kappa shape index (κ3) is 3.20. The highest BCUT2D eigenvalue weighted by Crippen LogP contribution is 2.16. The van der Waals surface area contributed by atoms with Crippen LogP contribution in [0.3, 0.4) is 0 Å². The molecule has 1 aromatic rings. The number of carbonyl (C=O) groups excluding carboxylic acids is 1. The average Bonchev–Trinajstić information content (AvgIpc) is 3.04. The quantitative estimate of drug-likeness (QED) is 0.758. The van der Waals surface area contributed by atoms with E-state index in [1.165, 1.54) is 0 Å². The molecular formula is C13H20N4O2. The number of hydrogen-bond acceptors (Lipinski definition) is 5. The van der Waals surface area contributed by atoms with Crippen molar-refractivity contribution >= 4 is 5.91 Å². The van der Waals surface area contributed by atoms with E-state index in [0.717, 1.165) is 19.5 Å². The highest BCUT2D eigenvalue weighted by atomic mass is 16.4. The van der Waals surface area contributed by atoms with Crippen molar-refractivity contribution in [2.24, 2.45) is 0 Å². The van der Waals surface area contributed by atoms with E-state index in [2.05, 4.69) is 15.1 Å². The Kier molecular flexibility index (Phi) is 4.31. The molecule has 2 heterocycles. The van der Waals surface area contributed by atoms with E-state index in [1.807, 2.05) is 33.2 Å². The predicted molar refractivity (Wildman–Crippen MR) is 70.8 cm³/mol. The lowest BCUT2D eigenvalue weighted by molar-refractivity contribution is 0.0741. The Balaban J connectivity index is 1.98. The lowest BCUT2D eigenvalue weighted by Gasteiger charge is -2.19. The number of hydrogen-bond donors (Lipinski definition) is 0. The summed E-state index contributed by atoms with van der Waals surface area (Å²) in [5, 5.41) is 7.70. The van der Waals surface area contributed by atoms with Crippen molar-refractivity contribution in [3.8, 4) is 0 Å². The zero-order valence-electron chi connectivity index (χ0n) is 11.7. The van der Waals surface area contributed by atoms with Gasteiger partial charge in [0, 0.05) is 25.6 Å². The summed E-state index contributed by atoms with van der Waals surface area (Å²) in [6.45, 7) is 3.39. The normalized spacial score (nSPS) is 19.8. The molecule has 6 nitrogen and oxygen atoms in total. The second-order valence-electron chi connectivity index (χ2n) is 4.93. The first kappa shape index (κ1) is 13.7. The van der Waals surface area contributed by atoms with Crippen LogP contribution in [0.15, 0.2) is 16.6 Å². The summed E-state index contributed by atoms with van der Waals surface area (Å²) in [6, 6.07) is 0.411. The first-order valence-corrected chi connectivity index (χ1v) is 6.51. The lowest BCUT2D eigenvalue weighted by Crippen LogP contribution is -2.34. The van der Waals surface area contributed by atoms with Gasteiger partial charge in [0.1, 0.15) is 0 Å². The number of rotatable bonds is 4. The minimum Gasteiger partial charge on any atom is -0.417 e. The molecule has 0 radical (unpaired) electrons. The first-order valence-electron chi connectivity index (χ1n) is 6.51. The van der Waals surface area contributed by atoms with Gasteiger partial charge in [-0.1, -0.05) is 12.2 Å². The van der Waals surface area contributed by atoms with Crippen molar-refractivity contribution < 1.29 is 9.21 Å². The molecule has 0 spiro atoms. The van der Waals surface area contributed by atoms with Gasteiger partial charge in [-0.2, -0.15) is 0 Å². The van der Waals surface area contributed by atoms with Gasteiger partial charge in [0.2, 0.25) is 5.89 Å². The summed E-state index contributed by atoms with van der Waals surface area (Å²) in [5.41, 5.74) is 0. The molecule has 1 aliphatic rings. The van der Waals surface area contributed by atoms with Crippen molar-refractivity contribution in [3.05, 3.63) is 23.9 Å². The molecule has 2 rings (SSSR count). The van der Waals surface area contributed by atoms with E-state index in [1.54, 1.807) is 4.90 Å². The van der Waals surface area contributed by atoms with Gasteiger partial charge in [-0.3, -0.25) is 4.79 Å². The molecular weight excluding hydrogens is 244 g/mol. The zero-order valence-corrected chi connectivity index (χ0v) is 11.7. The molecule has 1 saturated heterocycles. The van der Waals surface area contributed by atoms with Crippen LogP contribution in [-0.4, -0.2) is 59.1 Å². The van der Waals surface area contributed by atoms with Gasteiger partial charge in [-0.05, 0) is 27.4 Å². The van der Waals surface area contributed by atoms with E-state index in [0.29, 0.717) is 18.4 Å². The van der Waals surface area contributed by atoms with E-state index in [4.69, 9.17) is 4.42 Å². The van der Waals surface area contributed by atoms with Crippen LogP contribution in [0.4, 0.5) is 0 Å². The molecule has 104 valence electrons. The van der Waals surface area contributed by atoms with Crippen LogP contribution in [0.2, 0.25) is 0 Å². The van der Waals surface area contributed by atoms with Crippen LogP contribution in [-0.2, 0) is 6.42 Å². The third-order valence-electron chi connectivity index (χ3n) is 3.36.